The van der Waals surface area contributed by atoms with E-state index in [0.717, 1.165) is 18.4 Å². The molecule has 2 nitrogen and oxygen atoms in total. The maximum atomic E-state index is 4.04. The van der Waals surface area contributed by atoms with E-state index in [2.05, 4.69) is 19.2 Å². The van der Waals surface area contributed by atoms with Gasteiger partial charge in [-0.2, -0.15) is 0 Å². The lowest BCUT2D eigenvalue weighted by Crippen LogP contribution is -1.92. The number of nitrogens with zero attached hydrogens (tertiary/aromatic N) is 2. The quantitative estimate of drug-likeness (QED) is 0.570. The Bertz CT molecular complexity index is 164. The van der Waals surface area contributed by atoms with Gasteiger partial charge in [0.1, 0.15) is 5.82 Å². The molecule has 0 N–H and O–H groups in total. The molecule has 9 heavy (non-hydrogen) atoms. The summed E-state index contributed by atoms with van der Waals surface area (Å²) < 4.78 is 0. The van der Waals surface area contributed by atoms with Gasteiger partial charge in [0.15, 0.2) is 0 Å². The summed E-state index contributed by atoms with van der Waals surface area (Å²) in [4.78, 5) is 8.09. The Morgan fingerprint density at radius 2 is 2.00 bits per heavy atom. The van der Waals surface area contributed by atoms with Gasteiger partial charge in [0, 0.05) is 18.8 Å². The van der Waals surface area contributed by atoms with Crippen molar-refractivity contribution in [3.63, 3.8) is 0 Å². The average Bonchev–Trinajstić information content (AvgIpc) is 1.91. The highest BCUT2D eigenvalue weighted by Gasteiger charge is 1.88. The molecule has 0 amide bonds. The van der Waals surface area contributed by atoms with Crippen molar-refractivity contribution in [3.05, 3.63) is 24.3 Å². The van der Waals surface area contributed by atoms with Gasteiger partial charge in [-0.1, -0.05) is 0 Å². The molecule has 0 saturated heterocycles. The molecule has 0 aliphatic carbocycles. The zero-order chi connectivity index (χ0) is 6.53. The van der Waals surface area contributed by atoms with Crippen LogP contribution in [-0.4, -0.2) is 16.1 Å². The Hall–Kier alpha value is -0.490. The first kappa shape index (κ1) is 6.63. The minimum absolute atomic E-state index is 0.924. The Morgan fingerprint density at radius 3 is 2.56 bits per heavy atom. The number of rotatable bonds is 2. The molecule has 0 aliphatic rings. The van der Waals surface area contributed by atoms with Crippen molar-refractivity contribution in [3.8, 4) is 0 Å². The van der Waals surface area contributed by atoms with Crippen LogP contribution in [-0.2, 0) is 6.42 Å². The Balaban J connectivity index is 2.61. The second kappa shape index (κ2) is 3.52. The molecular weight excluding hydrogens is 131 g/mol. The van der Waals surface area contributed by atoms with Crippen LogP contribution in [0.4, 0.5) is 0 Å². The lowest BCUT2D eigenvalue weighted by molar-refractivity contribution is 0.947. The number of aryl methyl sites for hydroxylation is 1. The highest BCUT2D eigenvalue weighted by atomic mass is 31.0. The monoisotopic (exact) mass is 140 g/mol. The third-order valence-electron chi connectivity index (χ3n) is 0.987. The highest BCUT2D eigenvalue weighted by molar-refractivity contribution is 7.16. The van der Waals surface area contributed by atoms with Crippen molar-refractivity contribution in [2.24, 2.45) is 0 Å². The topological polar surface area (TPSA) is 25.8 Å². The first-order chi connectivity index (χ1) is 4.43. The molecule has 1 rings (SSSR count). The molecule has 0 aliphatic heterocycles. The van der Waals surface area contributed by atoms with Crippen molar-refractivity contribution in [1.82, 2.24) is 9.97 Å². The SMILES string of the molecule is PCCc1ncccn1. The lowest BCUT2D eigenvalue weighted by Gasteiger charge is -1.91. The van der Waals surface area contributed by atoms with Crippen molar-refractivity contribution in [2.75, 3.05) is 6.16 Å². The van der Waals surface area contributed by atoms with Gasteiger partial charge in [0.05, 0.1) is 0 Å². The maximum Gasteiger partial charge on any atom is 0.128 e. The average molecular weight is 140 g/mol. The van der Waals surface area contributed by atoms with Crippen LogP contribution >= 0.6 is 9.24 Å². The minimum Gasteiger partial charge on any atom is -0.241 e. The zero-order valence-corrected chi connectivity index (χ0v) is 6.27. The predicted octanol–water partition coefficient (Wildman–Crippen LogP) is 0.894. The lowest BCUT2D eigenvalue weighted by atomic mass is 10.4. The summed E-state index contributed by atoms with van der Waals surface area (Å²) in [7, 11) is 2.65. The number of hydrogen-bond acceptors (Lipinski definition) is 2. The van der Waals surface area contributed by atoms with Gasteiger partial charge in [0.25, 0.3) is 0 Å². The molecule has 1 heterocycles. The van der Waals surface area contributed by atoms with Gasteiger partial charge in [0.2, 0.25) is 0 Å². The van der Waals surface area contributed by atoms with E-state index in [4.69, 9.17) is 0 Å². The van der Waals surface area contributed by atoms with Crippen LogP contribution in [0.25, 0.3) is 0 Å². The zero-order valence-electron chi connectivity index (χ0n) is 5.12. The van der Waals surface area contributed by atoms with Gasteiger partial charge in [-0.15, -0.1) is 9.24 Å². The number of aromatic nitrogens is 2. The highest BCUT2D eigenvalue weighted by Crippen LogP contribution is 1.91. The second-order valence-electron chi connectivity index (χ2n) is 1.70. The van der Waals surface area contributed by atoms with Crippen molar-refractivity contribution >= 4 is 9.24 Å². The van der Waals surface area contributed by atoms with Gasteiger partial charge >= 0.3 is 0 Å². The first-order valence-corrected chi connectivity index (χ1v) is 3.71. The van der Waals surface area contributed by atoms with Gasteiger partial charge in [-0.25, -0.2) is 9.97 Å². The molecule has 0 spiro atoms. The smallest absolute Gasteiger partial charge is 0.128 e. The summed E-state index contributed by atoms with van der Waals surface area (Å²) in [5.41, 5.74) is 0. The van der Waals surface area contributed by atoms with E-state index in [1.807, 2.05) is 6.07 Å². The molecule has 0 saturated carbocycles. The largest absolute Gasteiger partial charge is 0.241 e. The fourth-order valence-corrected chi connectivity index (χ4v) is 0.846. The minimum atomic E-state index is 0.924. The van der Waals surface area contributed by atoms with Gasteiger partial charge < -0.3 is 0 Å². The van der Waals surface area contributed by atoms with Crippen LogP contribution in [0, 0.1) is 0 Å². The van der Waals surface area contributed by atoms with Crippen LogP contribution in [0.15, 0.2) is 18.5 Å². The molecule has 0 bridgehead atoms. The van der Waals surface area contributed by atoms with Crippen LogP contribution in [0.3, 0.4) is 0 Å². The molecule has 1 aromatic rings. The Morgan fingerprint density at radius 1 is 1.33 bits per heavy atom. The van der Waals surface area contributed by atoms with E-state index in [-0.39, 0.29) is 0 Å². The van der Waals surface area contributed by atoms with Crippen LogP contribution in [0.2, 0.25) is 0 Å². The van der Waals surface area contributed by atoms with Gasteiger partial charge in [-0.05, 0) is 12.2 Å². The molecule has 1 atom stereocenters. The van der Waals surface area contributed by atoms with Crippen LogP contribution in [0.5, 0.6) is 0 Å². The summed E-state index contributed by atoms with van der Waals surface area (Å²) in [5, 5.41) is 0. The summed E-state index contributed by atoms with van der Waals surface area (Å²) in [5.74, 6) is 0.924. The van der Waals surface area contributed by atoms with E-state index in [9.17, 15) is 0 Å². The molecule has 0 radical (unpaired) electrons. The normalized spacial score (nSPS) is 9.44. The third kappa shape index (κ3) is 2.06. The van der Waals surface area contributed by atoms with Crippen LogP contribution in [0.1, 0.15) is 5.82 Å². The van der Waals surface area contributed by atoms with Crippen molar-refractivity contribution in [1.29, 1.82) is 0 Å². The van der Waals surface area contributed by atoms with Crippen molar-refractivity contribution < 1.29 is 0 Å². The molecule has 3 heteroatoms. The summed E-state index contributed by atoms with van der Waals surface area (Å²) in [6.07, 6.45) is 5.51. The Labute approximate surface area is 56.9 Å². The molecular formula is C6H9N2P. The van der Waals surface area contributed by atoms with Gasteiger partial charge in [-0.3, -0.25) is 0 Å². The molecule has 48 valence electrons. The number of hydrogen-bond donors (Lipinski definition) is 0. The molecule has 1 aromatic heterocycles. The van der Waals surface area contributed by atoms with Crippen molar-refractivity contribution in [2.45, 2.75) is 6.42 Å². The van der Waals surface area contributed by atoms with E-state index in [1.54, 1.807) is 12.4 Å². The third-order valence-corrected chi connectivity index (χ3v) is 1.28. The molecule has 1 unspecified atom stereocenters. The standard InChI is InChI=1S/C6H9N2P/c9-5-2-6-7-3-1-4-8-6/h1,3-4H,2,5,9H2. The Kier molecular flexibility index (Phi) is 2.59. The van der Waals surface area contributed by atoms with E-state index >= 15 is 0 Å². The maximum absolute atomic E-state index is 4.04. The fourth-order valence-electron chi connectivity index (χ4n) is 0.588. The summed E-state index contributed by atoms with van der Waals surface area (Å²) >= 11 is 0. The van der Waals surface area contributed by atoms with E-state index in [0.29, 0.717) is 0 Å². The summed E-state index contributed by atoms with van der Waals surface area (Å²) in [6.45, 7) is 0. The van der Waals surface area contributed by atoms with E-state index < -0.39 is 0 Å². The first-order valence-electron chi connectivity index (χ1n) is 2.89. The fraction of sp³-hybridized carbons (Fsp3) is 0.333. The van der Waals surface area contributed by atoms with E-state index in [1.165, 1.54) is 0 Å². The second-order valence-corrected chi connectivity index (χ2v) is 2.28. The summed E-state index contributed by atoms with van der Waals surface area (Å²) in [6, 6.07) is 1.83. The molecule has 0 fully saturated rings. The predicted molar refractivity (Wildman–Crippen MR) is 40.3 cm³/mol. The molecule has 0 aromatic carbocycles. The van der Waals surface area contributed by atoms with Crippen LogP contribution < -0.4 is 0 Å².